The van der Waals surface area contributed by atoms with E-state index in [2.05, 4.69) is 5.32 Å². The smallest absolute Gasteiger partial charge is 0.261 e. The summed E-state index contributed by atoms with van der Waals surface area (Å²) in [5.41, 5.74) is 2.83. The van der Waals surface area contributed by atoms with Gasteiger partial charge in [0.25, 0.3) is 5.91 Å². The SMILES string of the molecule is CC[C@H](C(=O)NC1CCCC1)N(Cc1ccc(F)cc1)C(=O)COc1ccc(C)cc1C. The third-order valence-corrected chi connectivity index (χ3v) is 6.04. The summed E-state index contributed by atoms with van der Waals surface area (Å²) in [4.78, 5) is 27.9. The highest BCUT2D eigenvalue weighted by Crippen LogP contribution is 2.21. The quantitative estimate of drug-likeness (QED) is 0.616. The van der Waals surface area contributed by atoms with Gasteiger partial charge in [0.15, 0.2) is 6.61 Å². The number of nitrogens with zero attached hydrogens (tertiary/aromatic N) is 1. The van der Waals surface area contributed by atoms with Gasteiger partial charge in [-0.3, -0.25) is 9.59 Å². The second-order valence-corrected chi connectivity index (χ2v) is 8.62. The van der Waals surface area contributed by atoms with Crippen molar-refractivity contribution in [3.05, 3.63) is 65.0 Å². The van der Waals surface area contributed by atoms with Gasteiger partial charge in [-0.1, -0.05) is 49.6 Å². The topological polar surface area (TPSA) is 58.6 Å². The molecule has 1 saturated carbocycles. The van der Waals surface area contributed by atoms with Gasteiger partial charge in [-0.05, 0) is 62.4 Å². The minimum atomic E-state index is -0.615. The van der Waals surface area contributed by atoms with Gasteiger partial charge in [-0.2, -0.15) is 0 Å². The summed E-state index contributed by atoms with van der Waals surface area (Å²) in [7, 11) is 0. The van der Waals surface area contributed by atoms with Crippen molar-refractivity contribution in [1.82, 2.24) is 10.2 Å². The molecule has 2 amide bonds. The number of nitrogens with one attached hydrogen (secondary N) is 1. The Kier molecular flexibility index (Phi) is 8.26. The second-order valence-electron chi connectivity index (χ2n) is 8.62. The van der Waals surface area contributed by atoms with Crippen molar-refractivity contribution in [3.63, 3.8) is 0 Å². The number of halogens is 1. The van der Waals surface area contributed by atoms with E-state index in [4.69, 9.17) is 4.74 Å². The number of amides is 2. The molecule has 0 saturated heterocycles. The first-order valence-corrected chi connectivity index (χ1v) is 11.4. The van der Waals surface area contributed by atoms with Crippen molar-refractivity contribution in [1.29, 1.82) is 0 Å². The molecule has 0 heterocycles. The molecule has 2 aromatic rings. The normalized spacial score (nSPS) is 14.8. The van der Waals surface area contributed by atoms with Gasteiger partial charge in [-0.25, -0.2) is 4.39 Å². The van der Waals surface area contributed by atoms with Crippen LogP contribution in [-0.2, 0) is 16.1 Å². The van der Waals surface area contributed by atoms with Crippen molar-refractivity contribution < 1.29 is 18.7 Å². The number of aryl methyl sites for hydroxylation is 2. The molecule has 32 heavy (non-hydrogen) atoms. The first kappa shape index (κ1) is 23.8. The molecule has 0 aliphatic heterocycles. The molecule has 5 nitrogen and oxygen atoms in total. The van der Waals surface area contributed by atoms with E-state index in [1.54, 1.807) is 17.0 Å². The van der Waals surface area contributed by atoms with Crippen LogP contribution in [0.25, 0.3) is 0 Å². The van der Waals surface area contributed by atoms with Gasteiger partial charge in [0.2, 0.25) is 5.91 Å². The molecule has 1 aliphatic carbocycles. The van der Waals surface area contributed by atoms with Gasteiger partial charge in [0.05, 0.1) is 0 Å². The summed E-state index contributed by atoms with van der Waals surface area (Å²) in [6.07, 6.45) is 4.66. The Balaban J connectivity index is 1.76. The maximum Gasteiger partial charge on any atom is 0.261 e. The Labute approximate surface area is 190 Å². The summed E-state index contributed by atoms with van der Waals surface area (Å²) in [6.45, 7) is 5.88. The van der Waals surface area contributed by atoms with E-state index in [9.17, 15) is 14.0 Å². The summed E-state index contributed by atoms with van der Waals surface area (Å²) in [5.74, 6) is -0.103. The van der Waals surface area contributed by atoms with E-state index in [1.165, 1.54) is 12.1 Å². The molecule has 1 N–H and O–H groups in total. The minimum absolute atomic E-state index is 0.138. The zero-order valence-electron chi connectivity index (χ0n) is 19.2. The Bertz CT molecular complexity index is 923. The lowest BCUT2D eigenvalue weighted by molar-refractivity contribution is -0.143. The molecule has 1 aliphatic rings. The largest absolute Gasteiger partial charge is 0.483 e. The minimum Gasteiger partial charge on any atom is -0.483 e. The number of rotatable bonds is 9. The highest BCUT2D eigenvalue weighted by molar-refractivity contribution is 5.88. The summed E-state index contributed by atoms with van der Waals surface area (Å²) in [6, 6.07) is 11.4. The molecule has 1 fully saturated rings. The first-order chi connectivity index (χ1) is 15.4. The molecule has 0 radical (unpaired) electrons. The maximum absolute atomic E-state index is 13.4. The maximum atomic E-state index is 13.4. The van der Waals surface area contributed by atoms with E-state index in [0.717, 1.165) is 42.4 Å². The van der Waals surface area contributed by atoms with E-state index < -0.39 is 6.04 Å². The summed E-state index contributed by atoms with van der Waals surface area (Å²) in [5, 5.41) is 3.12. The molecule has 3 rings (SSSR count). The van der Waals surface area contributed by atoms with E-state index in [1.807, 2.05) is 39.0 Å². The van der Waals surface area contributed by atoms with Crippen LogP contribution in [0.2, 0.25) is 0 Å². The molecule has 172 valence electrons. The molecule has 0 spiro atoms. The third-order valence-electron chi connectivity index (χ3n) is 6.04. The lowest BCUT2D eigenvalue weighted by Crippen LogP contribution is -2.52. The fourth-order valence-corrected chi connectivity index (χ4v) is 4.26. The van der Waals surface area contributed by atoms with Gasteiger partial charge in [-0.15, -0.1) is 0 Å². The number of hydrogen-bond acceptors (Lipinski definition) is 3. The first-order valence-electron chi connectivity index (χ1n) is 11.4. The average molecular weight is 441 g/mol. The zero-order valence-corrected chi connectivity index (χ0v) is 19.2. The highest BCUT2D eigenvalue weighted by Gasteiger charge is 2.30. The van der Waals surface area contributed by atoms with Crippen LogP contribution in [0.3, 0.4) is 0 Å². The van der Waals surface area contributed by atoms with Gasteiger partial charge < -0.3 is 15.0 Å². The van der Waals surface area contributed by atoms with Crippen LogP contribution in [0.1, 0.15) is 55.7 Å². The van der Waals surface area contributed by atoms with Crippen molar-refractivity contribution >= 4 is 11.8 Å². The van der Waals surface area contributed by atoms with Crippen LogP contribution in [-0.4, -0.2) is 35.4 Å². The zero-order chi connectivity index (χ0) is 23.1. The molecule has 2 aromatic carbocycles. The van der Waals surface area contributed by atoms with Crippen molar-refractivity contribution in [2.75, 3.05) is 6.61 Å². The van der Waals surface area contributed by atoms with Crippen LogP contribution in [0.4, 0.5) is 4.39 Å². The Morgan fingerprint density at radius 3 is 2.44 bits per heavy atom. The molecule has 6 heteroatoms. The Hall–Kier alpha value is -2.89. The van der Waals surface area contributed by atoms with E-state index in [-0.39, 0.29) is 36.8 Å². The molecule has 1 atom stereocenters. The van der Waals surface area contributed by atoms with E-state index in [0.29, 0.717) is 12.2 Å². The van der Waals surface area contributed by atoms with Crippen molar-refractivity contribution in [2.45, 2.75) is 71.5 Å². The Morgan fingerprint density at radius 2 is 1.81 bits per heavy atom. The number of hydrogen-bond donors (Lipinski definition) is 1. The van der Waals surface area contributed by atoms with E-state index >= 15 is 0 Å². The summed E-state index contributed by atoms with van der Waals surface area (Å²) >= 11 is 0. The fraction of sp³-hybridized carbons (Fsp3) is 0.462. The average Bonchev–Trinajstić information content (AvgIpc) is 3.27. The molecular formula is C26H33FN2O3. The second kappa shape index (κ2) is 11.1. The van der Waals surface area contributed by atoms with Gasteiger partial charge >= 0.3 is 0 Å². The van der Waals surface area contributed by atoms with Crippen molar-refractivity contribution in [2.24, 2.45) is 0 Å². The lowest BCUT2D eigenvalue weighted by atomic mass is 10.1. The third kappa shape index (κ3) is 6.31. The van der Waals surface area contributed by atoms with Crippen LogP contribution >= 0.6 is 0 Å². The van der Waals surface area contributed by atoms with Crippen LogP contribution in [0.5, 0.6) is 5.75 Å². The predicted octanol–water partition coefficient (Wildman–Crippen LogP) is 4.69. The highest BCUT2D eigenvalue weighted by atomic mass is 19.1. The molecular weight excluding hydrogens is 407 g/mol. The molecule has 0 aromatic heterocycles. The Morgan fingerprint density at radius 1 is 1.12 bits per heavy atom. The van der Waals surface area contributed by atoms with Crippen LogP contribution in [0, 0.1) is 19.7 Å². The molecule has 0 unspecified atom stereocenters. The molecule has 0 bridgehead atoms. The van der Waals surface area contributed by atoms with Crippen LogP contribution < -0.4 is 10.1 Å². The van der Waals surface area contributed by atoms with Crippen LogP contribution in [0.15, 0.2) is 42.5 Å². The summed E-state index contributed by atoms with van der Waals surface area (Å²) < 4.78 is 19.2. The predicted molar refractivity (Wildman–Crippen MR) is 123 cm³/mol. The van der Waals surface area contributed by atoms with Gasteiger partial charge in [0.1, 0.15) is 17.6 Å². The number of benzene rings is 2. The monoisotopic (exact) mass is 440 g/mol. The lowest BCUT2D eigenvalue weighted by Gasteiger charge is -2.31. The number of ether oxygens (including phenoxy) is 1. The van der Waals surface area contributed by atoms with Gasteiger partial charge in [0, 0.05) is 12.6 Å². The van der Waals surface area contributed by atoms with Crippen molar-refractivity contribution in [3.8, 4) is 5.75 Å². The fourth-order valence-electron chi connectivity index (χ4n) is 4.26. The standard InChI is InChI=1S/C26H33FN2O3/c1-4-23(26(31)28-22-7-5-6-8-22)29(16-20-10-12-21(27)13-11-20)25(30)17-32-24-14-9-18(2)15-19(24)3/h9-15,22-23H,4-8,16-17H2,1-3H3,(H,28,31)/t23-/m1/s1. The number of carbonyl (C=O) groups excluding carboxylic acids is 2. The number of carbonyl (C=O) groups is 2.